The van der Waals surface area contributed by atoms with Crippen molar-refractivity contribution < 1.29 is 4.74 Å². The van der Waals surface area contributed by atoms with Gasteiger partial charge in [-0.25, -0.2) is 9.97 Å². The summed E-state index contributed by atoms with van der Waals surface area (Å²) >= 11 is 0. The van der Waals surface area contributed by atoms with Crippen molar-refractivity contribution >= 4 is 5.82 Å². The van der Waals surface area contributed by atoms with Crippen LogP contribution in [0.3, 0.4) is 0 Å². The van der Waals surface area contributed by atoms with Gasteiger partial charge in [-0.2, -0.15) is 0 Å². The van der Waals surface area contributed by atoms with Gasteiger partial charge in [-0.05, 0) is 25.7 Å². The second-order valence-corrected chi connectivity index (χ2v) is 4.93. The zero-order valence-corrected chi connectivity index (χ0v) is 11.8. The molecule has 18 heavy (non-hydrogen) atoms. The highest BCUT2D eigenvalue weighted by Crippen LogP contribution is 2.41. The molecule has 2 rings (SSSR count). The Morgan fingerprint density at radius 3 is 2.44 bits per heavy atom. The summed E-state index contributed by atoms with van der Waals surface area (Å²) in [5, 5.41) is 3.13. The van der Waals surface area contributed by atoms with Crippen molar-refractivity contribution in [1.29, 1.82) is 0 Å². The van der Waals surface area contributed by atoms with E-state index in [1.165, 1.54) is 12.8 Å². The maximum atomic E-state index is 5.72. The van der Waals surface area contributed by atoms with Crippen LogP contribution in [0.1, 0.15) is 57.0 Å². The highest BCUT2D eigenvalue weighted by Gasteiger charge is 2.34. The van der Waals surface area contributed by atoms with E-state index in [9.17, 15) is 0 Å². The zero-order valence-electron chi connectivity index (χ0n) is 11.8. The van der Waals surface area contributed by atoms with Gasteiger partial charge in [0.2, 0.25) is 0 Å². The molecule has 4 heteroatoms. The van der Waals surface area contributed by atoms with Gasteiger partial charge in [0, 0.05) is 31.8 Å². The van der Waals surface area contributed by atoms with Crippen LogP contribution < -0.4 is 5.32 Å². The van der Waals surface area contributed by atoms with E-state index in [0.29, 0.717) is 5.92 Å². The van der Waals surface area contributed by atoms with Crippen LogP contribution in [0, 0.1) is 0 Å². The first kappa shape index (κ1) is 13.3. The third-order valence-corrected chi connectivity index (χ3v) is 3.94. The van der Waals surface area contributed by atoms with Gasteiger partial charge in [0.25, 0.3) is 0 Å². The summed E-state index contributed by atoms with van der Waals surface area (Å²) in [4.78, 5) is 9.35. The van der Waals surface area contributed by atoms with Crippen LogP contribution in [-0.4, -0.2) is 24.1 Å². The minimum absolute atomic E-state index is 0.351. The third-order valence-electron chi connectivity index (χ3n) is 3.94. The Bertz CT molecular complexity index is 403. The lowest BCUT2D eigenvalue weighted by molar-refractivity contribution is -0.0292. The average molecular weight is 249 g/mol. The normalized spacial score (nSPS) is 15.8. The summed E-state index contributed by atoms with van der Waals surface area (Å²) in [6.07, 6.45) is 4.27. The Hall–Kier alpha value is -1.16. The Morgan fingerprint density at radius 2 is 2.00 bits per heavy atom. The molecule has 0 unspecified atom stereocenters. The minimum Gasteiger partial charge on any atom is -0.373 e. The number of nitrogens with zero attached hydrogens (tertiary/aromatic N) is 2. The first-order valence-electron chi connectivity index (χ1n) is 6.81. The first-order valence-corrected chi connectivity index (χ1v) is 6.81. The fourth-order valence-electron chi connectivity index (χ4n) is 2.33. The molecular formula is C14H23N3O. The predicted molar refractivity (Wildman–Crippen MR) is 72.8 cm³/mol. The highest BCUT2D eigenvalue weighted by atomic mass is 16.5. The average Bonchev–Trinajstić information content (AvgIpc) is 3.25. The van der Waals surface area contributed by atoms with Gasteiger partial charge in [-0.15, -0.1) is 0 Å². The van der Waals surface area contributed by atoms with Crippen LogP contribution in [0.15, 0.2) is 6.07 Å². The van der Waals surface area contributed by atoms with E-state index < -0.39 is 0 Å². The number of aromatic nitrogens is 2. The van der Waals surface area contributed by atoms with Crippen molar-refractivity contribution in [2.75, 3.05) is 19.5 Å². The van der Waals surface area contributed by atoms with Crippen molar-refractivity contribution in [2.45, 2.75) is 51.0 Å². The Balaban J connectivity index is 2.44. The zero-order chi connectivity index (χ0) is 13.2. The monoisotopic (exact) mass is 249 g/mol. The smallest absolute Gasteiger partial charge is 0.162 e. The van der Waals surface area contributed by atoms with E-state index in [4.69, 9.17) is 9.72 Å². The van der Waals surface area contributed by atoms with Gasteiger partial charge >= 0.3 is 0 Å². The maximum absolute atomic E-state index is 5.72. The van der Waals surface area contributed by atoms with Gasteiger partial charge in [0.05, 0.1) is 0 Å². The van der Waals surface area contributed by atoms with Crippen LogP contribution in [0.5, 0.6) is 0 Å². The number of ether oxygens (including phenoxy) is 1. The predicted octanol–water partition coefficient (Wildman–Crippen LogP) is 3.06. The lowest BCUT2D eigenvalue weighted by Gasteiger charge is -2.29. The summed E-state index contributed by atoms with van der Waals surface area (Å²) in [6, 6.07) is 2.06. The summed E-state index contributed by atoms with van der Waals surface area (Å²) in [6.45, 7) is 4.25. The second kappa shape index (κ2) is 5.22. The van der Waals surface area contributed by atoms with Crippen LogP contribution in [0.2, 0.25) is 0 Å². The number of methoxy groups -OCH3 is 1. The molecule has 1 saturated carbocycles. The van der Waals surface area contributed by atoms with E-state index in [-0.39, 0.29) is 5.60 Å². The molecule has 1 aliphatic carbocycles. The van der Waals surface area contributed by atoms with E-state index in [1.54, 1.807) is 7.11 Å². The third kappa shape index (κ3) is 2.34. The largest absolute Gasteiger partial charge is 0.373 e. The number of anilines is 1. The molecule has 1 aliphatic rings. The molecule has 1 heterocycles. The van der Waals surface area contributed by atoms with E-state index in [2.05, 4.69) is 30.2 Å². The minimum atomic E-state index is -0.351. The fourth-order valence-corrected chi connectivity index (χ4v) is 2.33. The molecule has 0 atom stereocenters. The molecule has 0 amide bonds. The molecule has 100 valence electrons. The second-order valence-electron chi connectivity index (χ2n) is 4.93. The molecule has 4 nitrogen and oxygen atoms in total. The van der Waals surface area contributed by atoms with E-state index in [0.717, 1.165) is 30.2 Å². The summed E-state index contributed by atoms with van der Waals surface area (Å²) < 4.78 is 5.72. The molecule has 0 aromatic carbocycles. The fraction of sp³-hybridized carbons (Fsp3) is 0.714. The molecule has 1 fully saturated rings. The molecule has 1 aromatic heterocycles. The van der Waals surface area contributed by atoms with Crippen LogP contribution in [-0.2, 0) is 10.3 Å². The summed E-state index contributed by atoms with van der Waals surface area (Å²) in [7, 11) is 3.65. The SMILES string of the molecule is CCC(CC)(OC)c1nc(NC)cc(C2CC2)n1. The highest BCUT2D eigenvalue weighted by molar-refractivity contribution is 5.38. The Kier molecular flexibility index (Phi) is 3.85. The molecule has 1 aromatic rings. The van der Waals surface area contributed by atoms with Crippen molar-refractivity contribution in [3.8, 4) is 0 Å². The van der Waals surface area contributed by atoms with Gasteiger partial charge in [0.15, 0.2) is 5.82 Å². The van der Waals surface area contributed by atoms with Gasteiger partial charge < -0.3 is 10.1 Å². The number of hydrogen-bond donors (Lipinski definition) is 1. The summed E-state index contributed by atoms with van der Waals surface area (Å²) in [5.41, 5.74) is 0.809. The molecule has 1 N–H and O–H groups in total. The quantitative estimate of drug-likeness (QED) is 0.841. The van der Waals surface area contributed by atoms with Crippen molar-refractivity contribution in [3.05, 3.63) is 17.6 Å². The van der Waals surface area contributed by atoms with Crippen LogP contribution >= 0.6 is 0 Å². The van der Waals surface area contributed by atoms with Crippen LogP contribution in [0.25, 0.3) is 0 Å². The number of hydrogen-bond acceptors (Lipinski definition) is 4. The molecule has 0 saturated heterocycles. The van der Waals surface area contributed by atoms with E-state index >= 15 is 0 Å². The first-order chi connectivity index (χ1) is 8.69. The van der Waals surface area contributed by atoms with Crippen molar-refractivity contribution in [1.82, 2.24) is 9.97 Å². The van der Waals surface area contributed by atoms with E-state index in [1.807, 2.05) is 7.05 Å². The van der Waals surface area contributed by atoms with Crippen LogP contribution in [0.4, 0.5) is 5.82 Å². The lowest BCUT2D eigenvalue weighted by Crippen LogP contribution is -2.30. The van der Waals surface area contributed by atoms with Gasteiger partial charge in [-0.3, -0.25) is 0 Å². The number of nitrogens with one attached hydrogen (secondary N) is 1. The van der Waals surface area contributed by atoms with Crippen molar-refractivity contribution in [2.24, 2.45) is 0 Å². The van der Waals surface area contributed by atoms with Gasteiger partial charge in [-0.1, -0.05) is 13.8 Å². The lowest BCUT2D eigenvalue weighted by atomic mass is 9.95. The molecular weight excluding hydrogens is 226 g/mol. The molecule has 0 spiro atoms. The number of rotatable bonds is 6. The topological polar surface area (TPSA) is 47.0 Å². The maximum Gasteiger partial charge on any atom is 0.162 e. The Morgan fingerprint density at radius 1 is 1.33 bits per heavy atom. The standard InChI is InChI=1S/C14H23N3O/c1-5-14(6-2,18-4)13-16-11(10-7-8-10)9-12(15-3)17-13/h9-10H,5-8H2,1-4H3,(H,15,16,17). The Labute approximate surface area is 109 Å². The summed E-state index contributed by atoms with van der Waals surface area (Å²) in [5.74, 6) is 2.34. The van der Waals surface area contributed by atoms with Crippen molar-refractivity contribution in [3.63, 3.8) is 0 Å². The molecule has 0 bridgehead atoms. The van der Waals surface area contributed by atoms with Gasteiger partial charge in [0.1, 0.15) is 11.4 Å². The molecule has 0 aliphatic heterocycles. The molecule has 0 radical (unpaired) electrons.